The number of aliphatic carboxylic acids is 1. The fourth-order valence-corrected chi connectivity index (χ4v) is 3.43. The summed E-state index contributed by atoms with van der Waals surface area (Å²) < 4.78 is 20.1. The molecule has 0 spiro atoms. The first-order valence-corrected chi connectivity index (χ1v) is 12.4. The summed E-state index contributed by atoms with van der Waals surface area (Å²) in [5.74, 6) is -6.73. The van der Waals surface area contributed by atoms with Crippen molar-refractivity contribution in [1.29, 1.82) is 0 Å². The molecule has 0 aliphatic heterocycles. The second-order valence-corrected chi connectivity index (χ2v) is 8.59. The molecule has 14 nitrogen and oxygen atoms in total. The number of carbonyl (C=O) groups is 7. The Hall–Kier alpha value is -5.63. The van der Waals surface area contributed by atoms with Crippen LogP contribution in [0.15, 0.2) is 48.6 Å². The number of amides is 2. The van der Waals surface area contributed by atoms with Crippen molar-refractivity contribution in [3.8, 4) is 23.0 Å². The Labute approximate surface area is 245 Å². The highest BCUT2D eigenvalue weighted by atomic mass is 16.6. The van der Waals surface area contributed by atoms with E-state index in [2.05, 4.69) is 0 Å². The molecule has 14 heteroatoms. The maximum absolute atomic E-state index is 13.1. The lowest BCUT2D eigenvalue weighted by atomic mass is 10.1. The fraction of sp³-hybridized carbons (Fsp3) is 0.207. The van der Waals surface area contributed by atoms with Crippen LogP contribution in [0.4, 0.5) is 0 Å². The molecule has 2 aromatic carbocycles. The molecular weight excluding hydrogens is 568 g/mol. The van der Waals surface area contributed by atoms with Crippen LogP contribution in [-0.2, 0) is 33.6 Å². The number of hydrogen-bond acceptors (Lipinski definition) is 12. The van der Waals surface area contributed by atoms with E-state index in [0.29, 0.717) is 4.90 Å². The lowest BCUT2D eigenvalue weighted by molar-refractivity contribution is -0.153. The fourth-order valence-electron chi connectivity index (χ4n) is 3.43. The number of rotatable bonds is 11. The highest BCUT2D eigenvalue weighted by Crippen LogP contribution is 2.30. The molecule has 226 valence electrons. The van der Waals surface area contributed by atoms with E-state index in [-0.39, 0.29) is 34.1 Å². The van der Waals surface area contributed by atoms with Crippen LogP contribution < -0.4 is 24.7 Å². The molecule has 0 saturated carbocycles. The molecule has 1 unspecified atom stereocenters. The van der Waals surface area contributed by atoms with Gasteiger partial charge in [0.1, 0.15) is 6.04 Å². The Bertz CT molecular complexity index is 1410. The smallest absolute Gasteiger partial charge is 0.328 e. The molecular formula is C29H28N2O12. The molecule has 0 aromatic heterocycles. The van der Waals surface area contributed by atoms with E-state index >= 15 is 0 Å². The molecule has 0 saturated heterocycles. The van der Waals surface area contributed by atoms with E-state index in [1.54, 1.807) is 0 Å². The quantitative estimate of drug-likeness (QED) is 0.216. The van der Waals surface area contributed by atoms with Crippen LogP contribution in [0, 0.1) is 0 Å². The number of imide groups is 1. The van der Waals surface area contributed by atoms with E-state index in [0.717, 1.165) is 39.8 Å². The van der Waals surface area contributed by atoms with Crippen molar-refractivity contribution in [1.82, 2.24) is 4.90 Å². The summed E-state index contributed by atoms with van der Waals surface area (Å²) in [5.41, 5.74) is 6.10. The minimum Gasteiger partial charge on any atom is -0.480 e. The van der Waals surface area contributed by atoms with Crippen molar-refractivity contribution in [3.05, 3.63) is 59.7 Å². The summed E-state index contributed by atoms with van der Waals surface area (Å²) in [6.45, 7) is 3.96. The SMILES string of the molecule is CC(=O)Oc1ccc(C=CC(=O)N(C(=O)C=Cc2ccc(OC(C)=O)c(OC(C)=O)c2)C(CN)C(=O)O)cc1OC(C)=O. The Morgan fingerprint density at radius 1 is 0.674 bits per heavy atom. The van der Waals surface area contributed by atoms with Gasteiger partial charge in [-0.25, -0.2) is 4.79 Å². The number of ether oxygens (including phenoxy) is 4. The predicted octanol–water partition coefficient (Wildman–Crippen LogP) is 1.88. The van der Waals surface area contributed by atoms with Crippen molar-refractivity contribution in [2.24, 2.45) is 5.73 Å². The summed E-state index contributed by atoms with van der Waals surface area (Å²) in [6.07, 6.45) is 4.24. The number of benzene rings is 2. The largest absolute Gasteiger partial charge is 0.480 e. The number of nitrogens with two attached hydrogens (primary N) is 1. The van der Waals surface area contributed by atoms with Crippen LogP contribution in [0.1, 0.15) is 38.8 Å². The van der Waals surface area contributed by atoms with E-state index in [9.17, 15) is 38.7 Å². The van der Waals surface area contributed by atoms with E-state index in [4.69, 9.17) is 24.7 Å². The van der Waals surface area contributed by atoms with E-state index in [1.807, 2.05) is 0 Å². The summed E-state index contributed by atoms with van der Waals surface area (Å²) in [5, 5.41) is 9.60. The Kier molecular flexibility index (Phi) is 12.0. The van der Waals surface area contributed by atoms with Crippen molar-refractivity contribution in [2.75, 3.05) is 6.54 Å². The van der Waals surface area contributed by atoms with Gasteiger partial charge in [-0.2, -0.15) is 0 Å². The van der Waals surface area contributed by atoms with Gasteiger partial charge < -0.3 is 29.8 Å². The zero-order valence-electron chi connectivity index (χ0n) is 23.5. The molecule has 2 amide bonds. The van der Waals surface area contributed by atoms with Crippen molar-refractivity contribution >= 4 is 53.8 Å². The minimum atomic E-state index is -1.74. The van der Waals surface area contributed by atoms with Gasteiger partial charge in [-0.05, 0) is 47.5 Å². The van der Waals surface area contributed by atoms with Gasteiger partial charge in [0.2, 0.25) is 0 Å². The van der Waals surface area contributed by atoms with Crippen LogP contribution in [0.25, 0.3) is 12.2 Å². The van der Waals surface area contributed by atoms with Gasteiger partial charge in [-0.1, -0.05) is 12.1 Å². The zero-order valence-corrected chi connectivity index (χ0v) is 23.5. The van der Waals surface area contributed by atoms with Crippen molar-refractivity contribution in [2.45, 2.75) is 33.7 Å². The third-order valence-corrected chi connectivity index (χ3v) is 5.08. The number of esters is 4. The topological polar surface area (TPSA) is 206 Å². The Morgan fingerprint density at radius 2 is 1.02 bits per heavy atom. The maximum atomic E-state index is 13.1. The average Bonchev–Trinajstić information content (AvgIpc) is 2.90. The Morgan fingerprint density at radius 3 is 1.33 bits per heavy atom. The van der Waals surface area contributed by atoms with E-state index < -0.39 is 54.2 Å². The van der Waals surface area contributed by atoms with Gasteiger partial charge in [0.25, 0.3) is 11.8 Å². The lowest BCUT2D eigenvalue weighted by Crippen LogP contribution is -2.51. The van der Waals surface area contributed by atoms with Crippen LogP contribution in [-0.4, -0.2) is 64.3 Å². The molecule has 0 aliphatic rings. The highest BCUT2D eigenvalue weighted by Gasteiger charge is 2.31. The Balaban J connectivity index is 2.40. The summed E-state index contributed by atoms with van der Waals surface area (Å²) in [6, 6.07) is 6.29. The van der Waals surface area contributed by atoms with Gasteiger partial charge in [-0.3, -0.25) is 33.7 Å². The van der Waals surface area contributed by atoms with Gasteiger partial charge in [-0.15, -0.1) is 0 Å². The van der Waals surface area contributed by atoms with Crippen LogP contribution in [0.3, 0.4) is 0 Å². The predicted molar refractivity (Wildman–Crippen MR) is 149 cm³/mol. The third kappa shape index (κ3) is 10.4. The second kappa shape index (κ2) is 15.4. The summed E-state index contributed by atoms with van der Waals surface area (Å²) >= 11 is 0. The maximum Gasteiger partial charge on any atom is 0.328 e. The molecule has 2 aromatic rings. The van der Waals surface area contributed by atoms with Gasteiger partial charge in [0.05, 0.1) is 0 Å². The molecule has 1 atom stereocenters. The minimum absolute atomic E-state index is 0.0556. The highest BCUT2D eigenvalue weighted by molar-refractivity contribution is 6.10. The number of carboxylic acids is 1. The van der Waals surface area contributed by atoms with Gasteiger partial charge in [0, 0.05) is 46.4 Å². The number of carboxylic acid groups (broad SMARTS) is 1. The van der Waals surface area contributed by atoms with E-state index in [1.165, 1.54) is 48.6 Å². The molecule has 0 heterocycles. The zero-order chi connectivity index (χ0) is 32.3. The monoisotopic (exact) mass is 596 g/mol. The first-order valence-electron chi connectivity index (χ1n) is 12.4. The summed E-state index contributed by atoms with van der Waals surface area (Å²) in [7, 11) is 0. The average molecular weight is 597 g/mol. The molecule has 0 aliphatic carbocycles. The molecule has 0 bridgehead atoms. The first-order chi connectivity index (χ1) is 20.2. The molecule has 3 N–H and O–H groups in total. The number of hydrogen-bond donors (Lipinski definition) is 2. The third-order valence-electron chi connectivity index (χ3n) is 5.08. The lowest BCUT2D eigenvalue weighted by Gasteiger charge is -2.24. The number of nitrogens with zero attached hydrogens (tertiary/aromatic N) is 1. The molecule has 43 heavy (non-hydrogen) atoms. The molecule has 0 fully saturated rings. The molecule has 2 rings (SSSR count). The van der Waals surface area contributed by atoms with Crippen LogP contribution in [0.2, 0.25) is 0 Å². The van der Waals surface area contributed by atoms with Crippen LogP contribution >= 0.6 is 0 Å². The van der Waals surface area contributed by atoms with Crippen LogP contribution in [0.5, 0.6) is 23.0 Å². The number of carbonyl (C=O) groups excluding carboxylic acids is 6. The first kappa shape index (κ1) is 33.6. The van der Waals surface area contributed by atoms with Crippen molar-refractivity contribution in [3.63, 3.8) is 0 Å². The van der Waals surface area contributed by atoms with Gasteiger partial charge >= 0.3 is 29.8 Å². The van der Waals surface area contributed by atoms with Crippen molar-refractivity contribution < 1.29 is 57.6 Å². The normalized spacial score (nSPS) is 11.5. The molecule has 0 radical (unpaired) electrons. The second-order valence-electron chi connectivity index (χ2n) is 8.59. The summed E-state index contributed by atoms with van der Waals surface area (Å²) in [4.78, 5) is 84.0. The van der Waals surface area contributed by atoms with Gasteiger partial charge in [0.15, 0.2) is 23.0 Å². The standard InChI is InChI=1S/C29H28N2O12/c1-16(32)40-23-9-5-20(13-25(23)42-18(3)34)7-11-27(36)31(22(15-30)29(38)39)28(37)12-8-21-6-10-24(41-17(2)33)26(14-21)43-19(4)35/h5-14,22H,15,30H2,1-4H3,(H,38,39).